The van der Waals surface area contributed by atoms with Gasteiger partial charge in [-0.2, -0.15) is 0 Å². The highest BCUT2D eigenvalue weighted by atomic mass is 16.4. The number of hydrogen-bond donors (Lipinski definition) is 1. The van der Waals surface area contributed by atoms with Crippen LogP contribution in [-0.2, 0) is 6.54 Å². The van der Waals surface area contributed by atoms with E-state index in [1.165, 1.54) is 0 Å². The Labute approximate surface area is 175 Å². The van der Waals surface area contributed by atoms with Crippen LogP contribution in [0.3, 0.4) is 0 Å². The lowest BCUT2D eigenvalue weighted by Crippen LogP contribution is -2.23. The second-order valence-electron chi connectivity index (χ2n) is 7.04. The van der Waals surface area contributed by atoms with Gasteiger partial charge >= 0.3 is 0 Å². The summed E-state index contributed by atoms with van der Waals surface area (Å²) in [6.45, 7) is 0.384. The van der Waals surface area contributed by atoms with E-state index in [2.05, 4.69) is 15.3 Å². The Morgan fingerprint density at radius 2 is 1.70 bits per heavy atom. The summed E-state index contributed by atoms with van der Waals surface area (Å²) in [5, 5.41) is 2.95. The number of amides is 1. The van der Waals surface area contributed by atoms with E-state index in [0.29, 0.717) is 29.3 Å². The maximum atomic E-state index is 12.9. The minimum atomic E-state index is -0.193. The fourth-order valence-corrected chi connectivity index (χ4v) is 3.07. The largest absolute Gasteiger partial charge is 0.436 e. The van der Waals surface area contributed by atoms with Gasteiger partial charge in [0.25, 0.3) is 5.91 Å². The van der Waals surface area contributed by atoms with Gasteiger partial charge in [0.1, 0.15) is 5.82 Å². The number of carbonyl (C=O) groups is 1. The van der Waals surface area contributed by atoms with Crippen LogP contribution in [0.4, 0.5) is 5.82 Å². The van der Waals surface area contributed by atoms with Crippen LogP contribution in [0.1, 0.15) is 15.9 Å². The van der Waals surface area contributed by atoms with Crippen molar-refractivity contribution in [2.75, 3.05) is 19.0 Å². The molecule has 0 aliphatic carbocycles. The van der Waals surface area contributed by atoms with Crippen molar-refractivity contribution in [1.29, 1.82) is 0 Å². The van der Waals surface area contributed by atoms with Crippen molar-refractivity contribution < 1.29 is 9.21 Å². The van der Waals surface area contributed by atoms with Crippen LogP contribution in [0.25, 0.3) is 22.8 Å². The summed E-state index contributed by atoms with van der Waals surface area (Å²) in [4.78, 5) is 23.5. The van der Waals surface area contributed by atoms with Gasteiger partial charge < -0.3 is 14.6 Å². The standard InChI is InChI=1S/C24H22N4O2/c1-28(2)22-13-12-17(14-25-22)15-26-23(29)19-10-6-7-11-20(19)24-27-16-21(30-24)18-8-4-3-5-9-18/h3-14,16H,15H2,1-2H3,(H,26,29). The van der Waals surface area contributed by atoms with Crippen molar-refractivity contribution in [2.45, 2.75) is 6.54 Å². The molecule has 0 saturated heterocycles. The lowest BCUT2D eigenvalue weighted by molar-refractivity contribution is 0.0951. The zero-order valence-corrected chi connectivity index (χ0v) is 16.9. The van der Waals surface area contributed by atoms with Gasteiger partial charge in [0, 0.05) is 38.0 Å². The molecule has 1 amide bonds. The highest BCUT2D eigenvalue weighted by Crippen LogP contribution is 2.28. The molecule has 0 saturated carbocycles. The summed E-state index contributed by atoms with van der Waals surface area (Å²) in [7, 11) is 3.87. The fourth-order valence-electron chi connectivity index (χ4n) is 3.07. The molecule has 4 rings (SSSR count). The average molecular weight is 398 g/mol. The number of nitrogens with zero attached hydrogens (tertiary/aromatic N) is 3. The Balaban J connectivity index is 1.52. The molecule has 6 nitrogen and oxygen atoms in total. The second kappa shape index (κ2) is 8.61. The normalized spacial score (nSPS) is 10.6. The number of oxazole rings is 1. The van der Waals surface area contributed by atoms with Crippen LogP contribution >= 0.6 is 0 Å². The Morgan fingerprint density at radius 1 is 0.933 bits per heavy atom. The van der Waals surface area contributed by atoms with Gasteiger partial charge in [-0.1, -0.05) is 48.5 Å². The third-order valence-corrected chi connectivity index (χ3v) is 4.69. The first-order chi connectivity index (χ1) is 14.6. The first kappa shape index (κ1) is 19.4. The van der Waals surface area contributed by atoms with Gasteiger partial charge in [-0.25, -0.2) is 9.97 Å². The number of nitrogens with one attached hydrogen (secondary N) is 1. The molecule has 0 bridgehead atoms. The minimum Gasteiger partial charge on any atom is -0.436 e. The summed E-state index contributed by atoms with van der Waals surface area (Å²) >= 11 is 0. The minimum absolute atomic E-state index is 0.193. The van der Waals surface area contributed by atoms with Crippen LogP contribution in [0.2, 0.25) is 0 Å². The van der Waals surface area contributed by atoms with E-state index in [9.17, 15) is 4.79 Å². The molecule has 1 N–H and O–H groups in total. The highest BCUT2D eigenvalue weighted by Gasteiger charge is 2.16. The lowest BCUT2D eigenvalue weighted by atomic mass is 10.1. The Bertz CT molecular complexity index is 1140. The zero-order valence-electron chi connectivity index (χ0n) is 16.9. The van der Waals surface area contributed by atoms with Crippen LogP contribution in [0, 0.1) is 0 Å². The van der Waals surface area contributed by atoms with Gasteiger partial charge in [-0.05, 0) is 23.8 Å². The van der Waals surface area contributed by atoms with E-state index in [4.69, 9.17) is 4.42 Å². The maximum absolute atomic E-state index is 12.9. The van der Waals surface area contributed by atoms with Crippen molar-refractivity contribution in [1.82, 2.24) is 15.3 Å². The van der Waals surface area contributed by atoms with Gasteiger partial charge in [0.15, 0.2) is 5.76 Å². The number of hydrogen-bond acceptors (Lipinski definition) is 5. The van der Waals surface area contributed by atoms with E-state index in [0.717, 1.165) is 16.9 Å². The zero-order chi connectivity index (χ0) is 20.9. The van der Waals surface area contributed by atoms with E-state index >= 15 is 0 Å². The Kier molecular flexibility index (Phi) is 5.57. The second-order valence-corrected chi connectivity index (χ2v) is 7.04. The topological polar surface area (TPSA) is 71.3 Å². The number of rotatable bonds is 6. The molecule has 2 heterocycles. The molecule has 6 heteroatoms. The van der Waals surface area contributed by atoms with Crippen molar-refractivity contribution in [3.8, 4) is 22.8 Å². The Hall–Kier alpha value is -3.93. The SMILES string of the molecule is CN(C)c1ccc(CNC(=O)c2ccccc2-c2ncc(-c3ccccc3)o2)cn1. The molecule has 0 radical (unpaired) electrons. The number of carbonyl (C=O) groups excluding carboxylic acids is 1. The highest BCUT2D eigenvalue weighted by molar-refractivity contribution is 6.00. The van der Waals surface area contributed by atoms with E-state index in [1.54, 1.807) is 18.5 Å². The van der Waals surface area contributed by atoms with Gasteiger partial charge in [0.2, 0.25) is 5.89 Å². The summed E-state index contributed by atoms with van der Waals surface area (Å²) in [6, 6.07) is 20.9. The third-order valence-electron chi connectivity index (χ3n) is 4.69. The Morgan fingerprint density at radius 3 is 2.43 bits per heavy atom. The first-order valence-electron chi connectivity index (χ1n) is 9.63. The molecule has 150 valence electrons. The quantitative estimate of drug-likeness (QED) is 0.521. The molecule has 4 aromatic rings. The number of aromatic nitrogens is 2. The molecule has 0 fully saturated rings. The monoisotopic (exact) mass is 398 g/mol. The van der Waals surface area contributed by atoms with Crippen molar-refractivity contribution in [2.24, 2.45) is 0 Å². The molecule has 0 spiro atoms. The summed E-state index contributed by atoms with van der Waals surface area (Å²) in [5.41, 5.74) is 3.02. The molecule has 0 unspecified atom stereocenters. The van der Waals surface area contributed by atoms with Gasteiger partial charge in [-0.15, -0.1) is 0 Å². The average Bonchev–Trinajstić information content (AvgIpc) is 3.28. The molecular formula is C24H22N4O2. The van der Waals surface area contributed by atoms with Crippen molar-refractivity contribution in [3.05, 3.63) is 90.3 Å². The summed E-state index contributed by atoms with van der Waals surface area (Å²) < 4.78 is 5.94. The van der Waals surface area contributed by atoms with E-state index in [-0.39, 0.29) is 5.91 Å². The molecule has 2 aromatic heterocycles. The molecule has 0 aliphatic heterocycles. The van der Waals surface area contributed by atoms with Crippen LogP contribution in [-0.4, -0.2) is 30.0 Å². The maximum Gasteiger partial charge on any atom is 0.252 e. The molecule has 0 atom stereocenters. The third kappa shape index (κ3) is 4.22. The number of anilines is 1. The lowest BCUT2D eigenvalue weighted by Gasteiger charge is -2.12. The van der Waals surface area contributed by atoms with E-state index in [1.807, 2.05) is 79.7 Å². The molecule has 0 aliphatic rings. The number of pyridine rings is 1. The van der Waals surface area contributed by atoms with Crippen LogP contribution < -0.4 is 10.2 Å². The number of benzene rings is 2. The summed E-state index contributed by atoms with van der Waals surface area (Å²) in [6.07, 6.45) is 3.44. The van der Waals surface area contributed by atoms with E-state index < -0.39 is 0 Å². The molecule has 2 aromatic carbocycles. The van der Waals surface area contributed by atoms with Gasteiger partial charge in [0.05, 0.1) is 11.8 Å². The van der Waals surface area contributed by atoms with Crippen molar-refractivity contribution >= 4 is 11.7 Å². The first-order valence-corrected chi connectivity index (χ1v) is 9.63. The molecular weight excluding hydrogens is 376 g/mol. The predicted octanol–water partition coefficient (Wildman–Crippen LogP) is 4.40. The molecule has 30 heavy (non-hydrogen) atoms. The van der Waals surface area contributed by atoms with Crippen LogP contribution in [0.15, 0.2) is 83.5 Å². The summed E-state index contributed by atoms with van der Waals surface area (Å²) in [5.74, 6) is 1.75. The van der Waals surface area contributed by atoms with Gasteiger partial charge in [-0.3, -0.25) is 4.79 Å². The predicted molar refractivity (Wildman–Crippen MR) is 117 cm³/mol. The fraction of sp³-hybridized carbons (Fsp3) is 0.125. The van der Waals surface area contributed by atoms with Crippen molar-refractivity contribution in [3.63, 3.8) is 0 Å². The van der Waals surface area contributed by atoms with Crippen LogP contribution in [0.5, 0.6) is 0 Å². The smallest absolute Gasteiger partial charge is 0.252 e.